The van der Waals surface area contributed by atoms with Crippen molar-refractivity contribution in [3.8, 4) is 10.6 Å². The number of nitrogens with zero attached hydrogens (tertiary/aromatic N) is 2. The van der Waals surface area contributed by atoms with E-state index in [9.17, 15) is 0 Å². The molecule has 0 bridgehead atoms. The molecule has 0 atom stereocenters. The third-order valence-electron chi connectivity index (χ3n) is 3.97. The molecule has 0 unspecified atom stereocenters. The van der Waals surface area contributed by atoms with Crippen LogP contribution in [0.4, 0.5) is 0 Å². The summed E-state index contributed by atoms with van der Waals surface area (Å²) in [6, 6.07) is 5.84. The molecule has 3 rings (SSSR count). The van der Waals surface area contributed by atoms with Gasteiger partial charge in [-0.25, -0.2) is 0 Å². The lowest BCUT2D eigenvalue weighted by Gasteiger charge is -2.32. The maximum absolute atomic E-state index is 6.06. The fourth-order valence-corrected chi connectivity index (χ4v) is 2.85. The van der Waals surface area contributed by atoms with Gasteiger partial charge in [-0.2, -0.15) is 0 Å². The summed E-state index contributed by atoms with van der Waals surface area (Å²) in [5.41, 5.74) is 2.81. The number of hydrogen-bond donors (Lipinski definition) is 0. The number of pyridine rings is 1. The van der Waals surface area contributed by atoms with Crippen LogP contribution < -0.4 is 5.59 Å². The molecule has 1 aliphatic heterocycles. The van der Waals surface area contributed by atoms with E-state index in [1.54, 1.807) is 17.5 Å². The predicted octanol–water partition coefficient (Wildman–Crippen LogP) is 2.50. The molecule has 2 aromatic heterocycles. The topological polar surface area (TPSA) is 44.2 Å². The van der Waals surface area contributed by atoms with Gasteiger partial charge in [0.2, 0.25) is 0 Å². The smallest absolute Gasteiger partial charge is 0.398 e. The van der Waals surface area contributed by atoms with E-state index >= 15 is 0 Å². The van der Waals surface area contributed by atoms with Crippen LogP contribution in [0.3, 0.4) is 0 Å². The van der Waals surface area contributed by atoms with Gasteiger partial charge in [0.05, 0.1) is 32.9 Å². The second-order valence-corrected chi connectivity index (χ2v) is 6.72. The summed E-state index contributed by atoms with van der Waals surface area (Å²) >= 11 is 1.56. The zero-order valence-corrected chi connectivity index (χ0v) is 12.9. The average molecular weight is 288 g/mol. The molecule has 3 heterocycles. The third kappa shape index (κ3) is 2.18. The molecule has 104 valence electrons. The lowest BCUT2D eigenvalue weighted by molar-refractivity contribution is 0.00578. The summed E-state index contributed by atoms with van der Waals surface area (Å²) < 4.78 is 12.1. The highest BCUT2D eigenvalue weighted by atomic mass is 32.1. The maximum atomic E-state index is 6.06. The summed E-state index contributed by atoms with van der Waals surface area (Å²) in [6.07, 6.45) is 1.78. The van der Waals surface area contributed by atoms with Crippen LogP contribution in [0.1, 0.15) is 27.7 Å². The summed E-state index contributed by atoms with van der Waals surface area (Å²) in [5, 5.41) is 0. The highest BCUT2D eigenvalue weighted by molar-refractivity contribution is 7.14. The van der Waals surface area contributed by atoms with Gasteiger partial charge in [-0.1, -0.05) is 6.07 Å². The Bertz CT molecular complexity index is 597. The highest BCUT2D eigenvalue weighted by Gasteiger charge is 2.53. The summed E-state index contributed by atoms with van der Waals surface area (Å²) in [4.78, 5) is 9.82. The molecule has 6 heteroatoms. The van der Waals surface area contributed by atoms with E-state index in [4.69, 9.17) is 9.31 Å². The van der Waals surface area contributed by atoms with Crippen LogP contribution in [-0.4, -0.2) is 28.3 Å². The van der Waals surface area contributed by atoms with Gasteiger partial charge in [0.25, 0.3) is 0 Å². The van der Waals surface area contributed by atoms with Crippen molar-refractivity contribution in [2.75, 3.05) is 0 Å². The molecule has 0 aliphatic carbocycles. The minimum atomic E-state index is -0.441. The van der Waals surface area contributed by atoms with Gasteiger partial charge in [-0.3, -0.25) is 9.97 Å². The van der Waals surface area contributed by atoms with Crippen LogP contribution >= 0.6 is 11.3 Å². The number of hydrogen-bond acceptors (Lipinski definition) is 5. The molecular formula is C14H17BN2O2S. The summed E-state index contributed by atoms with van der Waals surface area (Å²) in [6.45, 7) is 8.17. The van der Waals surface area contributed by atoms with Crippen molar-refractivity contribution >= 4 is 24.0 Å². The first-order valence-corrected chi connectivity index (χ1v) is 7.49. The molecule has 20 heavy (non-hydrogen) atoms. The molecule has 1 saturated heterocycles. The summed E-state index contributed by atoms with van der Waals surface area (Å²) in [5.74, 6) is 0. The fraction of sp³-hybridized carbons (Fsp3) is 0.429. The molecule has 2 aromatic rings. The largest absolute Gasteiger partial charge is 0.516 e. The van der Waals surface area contributed by atoms with Gasteiger partial charge >= 0.3 is 7.12 Å². The van der Waals surface area contributed by atoms with Gasteiger partial charge < -0.3 is 9.31 Å². The van der Waals surface area contributed by atoms with Crippen molar-refractivity contribution in [2.45, 2.75) is 38.9 Å². The second kappa shape index (κ2) is 4.65. The first-order valence-electron chi connectivity index (χ1n) is 6.61. The van der Waals surface area contributed by atoms with Gasteiger partial charge in [0, 0.05) is 6.20 Å². The molecule has 0 N–H and O–H groups in total. The molecule has 0 aromatic carbocycles. The van der Waals surface area contributed by atoms with Gasteiger partial charge in [-0.05, 0) is 39.8 Å². The Hall–Kier alpha value is -1.24. The SMILES string of the molecule is CC1(C)OB(c2ncsc2-c2ccccn2)OC1(C)C. The Morgan fingerprint density at radius 1 is 1.05 bits per heavy atom. The van der Waals surface area contributed by atoms with Crippen molar-refractivity contribution in [1.82, 2.24) is 9.97 Å². The zero-order chi connectivity index (χ0) is 14.4. The number of aromatic nitrogens is 2. The first-order chi connectivity index (χ1) is 9.41. The predicted molar refractivity (Wildman–Crippen MR) is 81.1 cm³/mol. The lowest BCUT2D eigenvalue weighted by atomic mass is 9.83. The van der Waals surface area contributed by atoms with Crippen LogP contribution in [0.2, 0.25) is 0 Å². The van der Waals surface area contributed by atoms with Crippen molar-refractivity contribution < 1.29 is 9.31 Å². The Labute approximate surface area is 123 Å². The quantitative estimate of drug-likeness (QED) is 0.796. The van der Waals surface area contributed by atoms with E-state index in [1.807, 2.05) is 51.4 Å². The van der Waals surface area contributed by atoms with Crippen molar-refractivity contribution in [3.05, 3.63) is 29.9 Å². The maximum Gasteiger partial charge on any atom is 0.516 e. The van der Waals surface area contributed by atoms with Gasteiger partial charge in [0.15, 0.2) is 0 Å². The van der Waals surface area contributed by atoms with E-state index in [1.165, 1.54) is 0 Å². The van der Waals surface area contributed by atoms with E-state index in [-0.39, 0.29) is 11.2 Å². The monoisotopic (exact) mass is 288 g/mol. The molecule has 0 amide bonds. The van der Waals surface area contributed by atoms with Gasteiger partial charge in [0.1, 0.15) is 0 Å². The summed E-state index contributed by atoms with van der Waals surface area (Å²) in [7, 11) is -0.441. The van der Waals surface area contributed by atoms with E-state index in [2.05, 4.69) is 9.97 Å². The minimum Gasteiger partial charge on any atom is -0.398 e. The molecule has 0 radical (unpaired) electrons. The number of thiazole rings is 1. The molecule has 0 saturated carbocycles. The normalized spacial score (nSPS) is 20.3. The van der Waals surface area contributed by atoms with Crippen molar-refractivity contribution in [3.63, 3.8) is 0 Å². The van der Waals surface area contributed by atoms with Crippen molar-refractivity contribution in [1.29, 1.82) is 0 Å². The highest BCUT2D eigenvalue weighted by Crippen LogP contribution is 2.37. The van der Waals surface area contributed by atoms with Crippen LogP contribution in [-0.2, 0) is 9.31 Å². The third-order valence-corrected chi connectivity index (χ3v) is 4.83. The molecular weight excluding hydrogens is 271 g/mol. The lowest BCUT2D eigenvalue weighted by Crippen LogP contribution is -2.41. The molecule has 0 spiro atoms. The molecule has 1 aliphatic rings. The van der Waals surface area contributed by atoms with E-state index in [0.29, 0.717) is 0 Å². The van der Waals surface area contributed by atoms with Crippen molar-refractivity contribution in [2.24, 2.45) is 0 Å². The van der Waals surface area contributed by atoms with Crippen LogP contribution in [0, 0.1) is 0 Å². The standard InChI is InChI=1S/C14H17BN2O2S/c1-13(2)14(3,4)19-15(18-13)12-11(20-9-17-12)10-7-5-6-8-16-10/h5-9H,1-4H3. The average Bonchev–Trinajstić information content (AvgIpc) is 2.94. The minimum absolute atomic E-state index is 0.358. The Morgan fingerprint density at radius 3 is 2.35 bits per heavy atom. The first kappa shape index (κ1) is 13.7. The zero-order valence-electron chi connectivity index (χ0n) is 12.1. The van der Waals surface area contributed by atoms with Crippen LogP contribution in [0.25, 0.3) is 10.6 Å². The Kier molecular flexibility index (Phi) is 3.19. The Balaban J connectivity index is 1.96. The van der Waals surface area contributed by atoms with Gasteiger partial charge in [-0.15, -0.1) is 11.3 Å². The van der Waals surface area contributed by atoms with E-state index < -0.39 is 7.12 Å². The van der Waals surface area contributed by atoms with Crippen LogP contribution in [0.5, 0.6) is 0 Å². The molecule has 1 fully saturated rings. The van der Waals surface area contributed by atoms with E-state index in [0.717, 1.165) is 16.2 Å². The Morgan fingerprint density at radius 2 is 1.75 bits per heavy atom. The fourth-order valence-electron chi connectivity index (χ4n) is 2.07. The second-order valence-electron chi connectivity index (χ2n) is 5.87. The van der Waals surface area contributed by atoms with Crippen LogP contribution in [0.15, 0.2) is 29.9 Å². The molecule has 4 nitrogen and oxygen atoms in total. The number of rotatable bonds is 2.